The van der Waals surface area contributed by atoms with Crippen LogP contribution in [0.4, 0.5) is 0 Å². The number of halogens is 1. The van der Waals surface area contributed by atoms with E-state index in [2.05, 4.69) is 9.98 Å². The van der Waals surface area contributed by atoms with E-state index in [4.69, 9.17) is 16.0 Å². The summed E-state index contributed by atoms with van der Waals surface area (Å²) < 4.78 is 5.02. The summed E-state index contributed by atoms with van der Waals surface area (Å²) in [6.07, 6.45) is 0.332. The first-order chi connectivity index (χ1) is 10.2. The minimum Gasteiger partial charge on any atom is -0.480 e. The average Bonchev–Trinajstić information content (AvgIpc) is 2.37. The second-order valence-electron chi connectivity index (χ2n) is 6.25. The third-order valence-electron chi connectivity index (χ3n) is 3.00. The maximum absolute atomic E-state index is 11.6. The number of nitrogens with one attached hydrogen (secondary N) is 1. The van der Waals surface area contributed by atoms with Crippen LogP contribution in [0.15, 0.2) is 32.4 Å². The molecule has 0 aliphatic carbocycles. The highest BCUT2D eigenvalue weighted by atomic mass is 35.5. The molecule has 1 aromatic heterocycles. The Morgan fingerprint density at radius 3 is 2.73 bits per heavy atom. The van der Waals surface area contributed by atoms with Gasteiger partial charge in [-0.2, -0.15) is 0 Å². The molecule has 2 rings (SSSR count). The van der Waals surface area contributed by atoms with Gasteiger partial charge in [-0.05, 0) is 30.0 Å². The number of carboxylic acids is 1. The van der Waals surface area contributed by atoms with Crippen LogP contribution in [-0.4, -0.2) is 22.1 Å². The molecule has 0 saturated heterocycles. The Hall–Kier alpha value is -2.08. The van der Waals surface area contributed by atoms with Gasteiger partial charge in [-0.3, -0.25) is 9.98 Å². The van der Waals surface area contributed by atoms with Crippen LogP contribution in [0, 0.1) is 5.41 Å². The minimum absolute atomic E-state index is 0.158. The molecule has 2 N–H and O–H groups in total. The van der Waals surface area contributed by atoms with Gasteiger partial charge in [0.2, 0.25) is 0 Å². The lowest BCUT2D eigenvalue weighted by Crippen LogP contribution is -2.29. The fourth-order valence-corrected chi connectivity index (χ4v) is 2.26. The second kappa shape index (κ2) is 5.96. The molecule has 1 unspecified atom stereocenters. The summed E-state index contributed by atoms with van der Waals surface area (Å²) in [7, 11) is 0. The highest BCUT2D eigenvalue weighted by Gasteiger charge is 2.24. The van der Waals surface area contributed by atoms with Crippen LogP contribution in [0.2, 0.25) is 5.02 Å². The molecule has 0 bridgehead atoms. The van der Waals surface area contributed by atoms with Gasteiger partial charge in [0.1, 0.15) is 17.1 Å². The number of rotatable bonds is 3. The maximum Gasteiger partial charge on any atom is 0.418 e. The van der Waals surface area contributed by atoms with Gasteiger partial charge in [0, 0.05) is 5.02 Å². The molecule has 0 fully saturated rings. The van der Waals surface area contributed by atoms with E-state index in [9.17, 15) is 14.7 Å². The Kier molecular flexibility index (Phi) is 4.42. The lowest BCUT2D eigenvalue weighted by molar-refractivity contribution is -0.139. The van der Waals surface area contributed by atoms with Crippen molar-refractivity contribution in [2.24, 2.45) is 10.4 Å². The van der Waals surface area contributed by atoms with Gasteiger partial charge < -0.3 is 9.52 Å². The molecule has 118 valence electrons. The number of carbonyl (C=O) groups is 1. The largest absolute Gasteiger partial charge is 0.480 e. The van der Waals surface area contributed by atoms with Gasteiger partial charge in [0.15, 0.2) is 0 Å². The van der Waals surface area contributed by atoms with Gasteiger partial charge >= 0.3 is 11.7 Å². The van der Waals surface area contributed by atoms with Gasteiger partial charge in [0.05, 0.1) is 5.39 Å². The zero-order valence-corrected chi connectivity index (χ0v) is 13.3. The van der Waals surface area contributed by atoms with Crippen LogP contribution in [0.3, 0.4) is 0 Å². The molecule has 0 amide bonds. The average molecular weight is 325 g/mol. The van der Waals surface area contributed by atoms with E-state index in [1.54, 1.807) is 18.2 Å². The summed E-state index contributed by atoms with van der Waals surface area (Å²) >= 11 is 5.94. The number of benzene rings is 1. The van der Waals surface area contributed by atoms with Crippen molar-refractivity contribution >= 4 is 28.5 Å². The van der Waals surface area contributed by atoms with Crippen LogP contribution in [-0.2, 0) is 4.79 Å². The number of aliphatic carboxylic acids is 1. The third-order valence-corrected chi connectivity index (χ3v) is 3.23. The SMILES string of the molecule is CC(C)(C)CC(N=c1[nH]c(=O)oc2ccc(Cl)cc12)C(=O)O. The number of H-pyrrole nitrogens is 1. The molecule has 0 aliphatic rings. The minimum atomic E-state index is -1.05. The van der Waals surface area contributed by atoms with E-state index in [0.717, 1.165) is 0 Å². The molecule has 0 saturated carbocycles. The van der Waals surface area contributed by atoms with Gasteiger partial charge in [-0.1, -0.05) is 32.4 Å². The Balaban J connectivity index is 2.67. The van der Waals surface area contributed by atoms with Crippen LogP contribution < -0.4 is 11.2 Å². The van der Waals surface area contributed by atoms with Gasteiger partial charge in [0.25, 0.3) is 0 Å². The zero-order chi connectivity index (χ0) is 16.5. The Morgan fingerprint density at radius 1 is 1.45 bits per heavy atom. The first-order valence-electron chi connectivity index (χ1n) is 6.75. The van der Waals surface area contributed by atoms with Crippen molar-refractivity contribution in [2.75, 3.05) is 0 Å². The van der Waals surface area contributed by atoms with Crippen molar-refractivity contribution in [3.8, 4) is 0 Å². The monoisotopic (exact) mass is 324 g/mol. The number of fused-ring (bicyclic) bond motifs is 1. The Morgan fingerprint density at radius 2 is 2.14 bits per heavy atom. The summed E-state index contributed by atoms with van der Waals surface area (Å²) in [6.45, 7) is 5.78. The molecule has 0 radical (unpaired) electrons. The predicted molar refractivity (Wildman–Crippen MR) is 82.9 cm³/mol. The van der Waals surface area contributed by atoms with E-state index < -0.39 is 17.8 Å². The molecule has 0 aliphatic heterocycles. The number of carboxylic acid groups (broad SMARTS) is 1. The van der Waals surface area contributed by atoms with Crippen molar-refractivity contribution in [2.45, 2.75) is 33.2 Å². The van der Waals surface area contributed by atoms with Crippen molar-refractivity contribution in [3.63, 3.8) is 0 Å². The smallest absolute Gasteiger partial charge is 0.418 e. The van der Waals surface area contributed by atoms with Crippen LogP contribution in [0.25, 0.3) is 11.0 Å². The highest BCUT2D eigenvalue weighted by Crippen LogP contribution is 2.22. The number of aromatic amines is 1. The number of hydrogen-bond acceptors (Lipinski definition) is 4. The molecule has 0 spiro atoms. The molecular formula is C15H17ClN2O4. The van der Waals surface area contributed by atoms with Crippen molar-refractivity contribution in [3.05, 3.63) is 39.3 Å². The fraction of sp³-hybridized carbons (Fsp3) is 0.400. The molecule has 1 atom stereocenters. The zero-order valence-electron chi connectivity index (χ0n) is 12.5. The maximum atomic E-state index is 11.6. The normalized spacial score (nSPS) is 14.3. The Bertz CT molecular complexity index is 830. The molecule has 1 aromatic carbocycles. The first kappa shape index (κ1) is 16.3. The van der Waals surface area contributed by atoms with Crippen molar-refractivity contribution in [1.82, 2.24) is 4.98 Å². The molecule has 1 heterocycles. The van der Waals surface area contributed by atoms with Crippen molar-refractivity contribution < 1.29 is 14.3 Å². The summed E-state index contributed by atoms with van der Waals surface area (Å²) in [5.74, 6) is -1.75. The van der Waals surface area contributed by atoms with E-state index in [1.807, 2.05) is 20.8 Å². The van der Waals surface area contributed by atoms with E-state index in [0.29, 0.717) is 22.4 Å². The van der Waals surface area contributed by atoms with Gasteiger partial charge in [-0.15, -0.1) is 0 Å². The van der Waals surface area contributed by atoms with Gasteiger partial charge in [-0.25, -0.2) is 9.59 Å². The standard InChI is InChI=1S/C15H17ClN2O4/c1-15(2,3)7-10(13(19)20)17-12-9-6-8(16)4-5-11(9)22-14(21)18-12/h4-6,10H,7H2,1-3H3,(H,19,20)(H,17,18,21). The molecule has 2 aromatic rings. The summed E-state index contributed by atoms with van der Waals surface area (Å²) in [5.41, 5.74) is 0.233. The summed E-state index contributed by atoms with van der Waals surface area (Å²) in [5, 5.41) is 10.3. The molecule has 22 heavy (non-hydrogen) atoms. The van der Waals surface area contributed by atoms with Crippen molar-refractivity contribution in [1.29, 1.82) is 0 Å². The predicted octanol–water partition coefficient (Wildman–Crippen LogP) is 2.56. The quantitative estimate of drug-likeness (QED) is 0.907. The lowest BCUT2D eigenvalue weighted by atomic mass is 9.88. The summed E-state index contributed by atoms with van der Waals surface area (Å²) in [4.78, 5) is 29.6. The fourth-order valence-electron chi connectivity index (χ4n) is 2.09. The Labute approximate surface area is 131 Å². The van der Waals surface area contributed by atoms with E-state index >= 15 is 0 Å². The summed E-state index contributed by atoms with van der Waals surface area (Å²) in [6, 6.07) is 3.73. The van der Waals surface area contributed by atoms with Crippen LogP contribution in [0.1, 0.15) is 27.2 Å². The molecular weight excluding hydrogens is 308 g/mol. The number of nitrogens with zero attached hydrogens (tertiary/aromatic N) is 1. The van der Waals surface area contributed by atoms with Crippen LogP contribution in [0.5, 0.6) is 0 Å². The molecule has 7 heteroatoms. The highest BCUT2D eigenvalue weighted by molar-refractivity contribution is 6.31. The second-order valence-corrected chi connectivity index (χ2v) is 6.69. The van der Waals surface area contributed by atoms with E-state index in [-0.39, 0.29) is 10.9 Å². The lowest BCUT2D eigenvalue weighted by Gasteiger charge is -2.20. The van der Waals surface area contributed by atoms with E-state index in [1.165, 1.54) is 0 Å². The van der Waals surface area contributed by atoms with Crippen LogP contribution >= 0.6 is 11.6 Å². The number of hydrogen-bond donors (Lipinski definition) is 2. The third kappa shape index (κ3) is 3.98. The number of aromatic nitrogens is 1. The molecule has 6 nitrogen and oxygen atoms in total. The topological polar surface area (TPSA) is 95.7 Å². The first-order valence-corrected chi connectivity index (χ1v) is 7.13.